The van der Waals surface area contributed by atoms with Gasteiger partial charge in [0.1, 0.15) is 24.0 Å². The van der Waals surface area contributed by atoms with Crippen molar-refractivity contribution in [1.29, 1.82) is 0 Å². The van der Waals surface area contributed by atoms with Crippen LogP contribution in [0.4, 0.5) is 5.82 Å². The molecule has 1 aromatic heterocycles. The molecule has 2 heterocycles. The van der Waals surface area contributed by atoms with Crippen molar-refractivity contribution in [2.24, 2.45) is 11.8 Å². The van der Waals surface area contributed by atoms with Crippen molar-refractivity contribution in [1.82, 2.24) is 14.9 Å². The molecule has 2 aromatic carbocycles. The van der Waals surface area contributed by atoms with Gasteiger partial charge in [0.2, 0.25) is 0 Å². The Labute approximate surface area is 246 Å². The molecular weight excluding hydrogens is 508 g/mol. The minimum atomic E-state index is 0.582. The molecule has 2 atom stereocenters. The number of anilines is 1. The van der Waals surface area contributed by atoms with Crippen LogP contribution in [0.5, 0.6) is 5.75 Å². The lowest BCUT2D eigenvalue weighted by Crippen LogP contribution is -2.48. The van der Waals surface area contributed by atoms with E-state index in [2.05, 4.69) is 66.1 Å². The minimum Gasteiger partial charge on any atom is -0.489 e. The van der Waals surface area contributed by atoms with Crippen LogP contribution in [0.25, 0.3) is 11.3 Å². The first-order chi connectivity index (χ1) is 20.0. The summed E-state index contributed by atoms with van der Waals surface area (Å²) >= 11 is 0. The number of benzene rings is 2. The Bertz CT molecular complexity index is 1320. The standard InChI is InChI=1S/C35H46N4O2/c1-25-7-9-28(10-8-25)24-41-31-12-14-32-30(22-31)11-13-33-34(32)36-27(3)37-35(33)39-17-15-38(16-18-39)19-20-40-23-29-6-4-5-26(2)21-29/h7-10,12,14,22,26,29H,4-6,11,13,15-21,23-24H2,1-3H3/t26-,29+/m1/s1. The summed E-state index contributed by atoms with van der Waals surface area (Å²) in [6, 6.07) is 15.0. The van der Waals surface area contributed by atoms with Crippen LogP contribution in [-0.4, -0.2) is 60.8 Å². The summed E-state index contributed by atoms with van der Waals surface area (Å²) in [5, 5.41) is 0. The van der Waals surface area contributed by atoms with E-state index in [1.807, 2.05) is 6.92 Å². The molecule has 0 bridgehead atoms. The van der Waals surface area contributed by atoms with E-state index in [1.165, 1.54) is 53.5 Å². The molecule has 218 valence electrons. The highest BCUT2D eigenvalue weighted by Gasteiger charge is 2.27. The van der Waals surface area contributed by atoms with Gasteiger partial charge >= 0.3 is 0 Å². The zero-order valence-corrected chi connectivity index (χ0v) is 25.2. The normalized spacial score (nSPS) is 20.9. The quantitative estimate of drug-likeness (QED) is 0.285. The van der Waals surface area contributed by atoms with Crippen molar-refractivity contribution in [2.75, 3.05) is 50.8 Å². The van der Waals surface area contributed by atoms with Crippen LogP contribution >= 0.6 is 0 Å². The number of hydrogen-bond donors (Lipinski definition) is 0. The summed E-state index contributed by atoms with van der Waals surface area (Å²) in [6.45, 7) is 14.0. The highest BCUT2D eigenvalue weighted by molar-refractivity contribution is 5.75. The van der Waals surface area contributed by atoms with Gasteiger partial charge in [-0.1, -0.05) is 49.6 Å². The molecular formula is C35H46N4O2. The second kappa shape index (κ2) is 12.9. The second-order valence-electron chi connectivity index (χ2n) is 12.6. The number of piperazine rings is 1. The largest absolute Gasteiger partial charge is 0.489 e. The number of ether oxygens (including phenoxy) is 2. The third-order valence-electron chi connectivity index (χ3n) is 9.22. The first-order valence-electron chi connectivity index (χ1n) is 15.8. The molecule has 0 radical (unpaired) electrons. The Morgan fingerprint density at radius 3 is 2.56 bits per heavy atom. The number of fused-ring (bicyclic) bond motifs is 3. The van der Waals surface area contributed by atoms with Gasteiger partial charge in [0.05, 0.1) is 12.3 Å². The van der Waals surface area contributed by atoms with Crippen molar-refractivity contribution in [3.63, 3.8) is 0 Å². The lowest BCUT2D eigenvalue weighted by molar-refractivity contribution is 0.0591. The van der Waals surface area contributed by atoms with Crippen LogP contribution in [-0.2, 0) is 24.2 Å². The molecule has 0 amide bonds. The molecule has 2 fully saturated rings. The van der Waals surface area contributed by atoms with Gasteiger partial charge in [0.25, 0.3) is 0 Å². The number of aromatic nitrogens is 2. The Balaban J connectivity index is 1.05. The maximum Gasteiger partial charge on any atom is 0.136 e. The predicted molar refractivity (Wildman–Crippen MR) is 166 cm³/mol. The average Bonchev–Trinajstić information content (AvgIpc) is 2.99. The zero-order chi connectivity index (χ0) is 28.2. The average molecular weight is 555 g/mol. The van der Waals surface area contributed by atoms with Crippen LogP contribution in [0.2, 0.25) is 0 Å². The predicted octanol–water partition coefficient (Wildman–Crippen LogP) is 6.40. The van der Waals surface area contributed by atoms with Crippen molar-refractivity contribution in [2.45, 2.75) is 65.9 Å². The smallest absolute Gasteiger partial charge is 0.136 e. The van der Waals surface area contributed by atoms with Gasteiger partial charge in [-0.25, -0.2) is 9.97 Å². The number of rotatable bonds is 9. The summed E-state index contributed by atoms with van der Waals surface area (Å²) in [5.74, 6) is 4.55. The molecule has 3 aliphatic rings. The summed E-state index contributed by atoms with van der Waals surface area (Å²) in [6.07, 6.45) is 7.41. The van der Waals surface area contributed by atoms with Crippen LogP contribution < -0.4 is 9.64 Å². The minimum absolute atomic E-state index is 0.582. The van der Waals surface area contributed by atoms with Gasteiger partial charge in [-0.3, -0.25) is 4.90 Å². The molecule has 6 nitrogen and oxygen atoms in total. The Morgan fingerprint density at radius 2 is 1.76 bits per heavy atom. The highest BCUT2D eigenvalue weighted by Crippen LogP contribution is 2.38. The van der Waals surface area contributed by atoms with E-state index in [-0.39, 0.29) is 0 Å². The van der Waals surface area contributed by atoms with Gasteiger partial charge in [-0.05, 0) is 80.7 Å². The Morgan fingerprint density at radius 1 is 0.927 bits per heavy atom. The van der Waals surface area contributed by atoms with Crippen molar-refractivity contribution < 1.29 is 9.47 Å². The number of hydrogen-bond acceptors (Lipinski definition) is 6. The van der Waals surface area contributed by atoms with E-state index in [0.717, 1.165) is 93.7 Å². The zero-order valence-electron chi connectivity index (χ0n) is 25.2. The lowest BCUT2D eigenvalue weighted by Gasteiger charge is -2.37. The summed E-state index contributed by atoms with van der Waals surface area (Å²) in [7, 11) is 0. The topological polar surface area (TPSA) is 50.7 Å². The highest BCUT2D eigenvalue weighted by atomic mass is 16.5. The fourth-order valence-electron chi connectivity index (χ4n) is 6.84. The molecule has 1 saturated carbocycles. The lowest BCUT2D eigenvalue weighted by atomic mass is 9.83. The monoisotopic (exact) mass is 554 g/mol. The molecule has 6 rings (SSSR count). The van der Waals surface area contributed by atoms with Gasteiger partial charge < -0.3 is 14.4 Å². The van der Waals surface area contributed by atoms with E-state index < -0.39 is 0 Å². The first kappa shape index (κ1) is 28.2. The maximum atomic E-state index is 6.15. The summed E-state index contributed by atoms with van der Waals surface area (Å²) < 4.78 is 12.3. The van der Waals surface area contributed by atoms with E-state index in [0.29, 0.717) is 6.61 Å². The third kappa shape index (κ3) is 6.92. The maximum absolute atomic E-state index is 6.15. The van der Waals surface area contributed by atoms with Gasteiger partial charge in [-0.15, -0.1) is 0 Å². The fourth-order valence-corrected chi connectivity index (χ4v) is 6.84. The first-order valence-corrected chi connectivity index (χ1v) is 15.8. The molecule has 2 aliphatic carbocycles. The molecule has 0 spiro atoms. The Kier molecular flexibility index (Phi) is 8.87. The third-order valence-corrected chi connectivity index (χ3v) is 9.22. The van der Waals surface area contributed by atoms with Crippen molar-refractivity contribution >= 4 is 5.82 Å². The van der Waals surface area contributed by atoms with E-state index >= 15 is 0 Å². The molecule has 0 unspecified atom stereocenters. The molecule has 6 heteroatoms. The number of aryl methyl sites for hydroxylation is 3. The molecule has 1 aliphatic heterocycles. The van der Waals surface area contributed by atoms with Crippen LogP contribution in [0.1, 0.15) is 60.7 Å². The molecule has 0 N–H and O–H groups in total. The Hall–Kier alpha value is -2.96. The van der Waals surface area contributed by atoms with E-state index in [9.17, 15) is 0 Å². The van der Waals surface area contributed by atoms with Gasteiger partial charge in [0.15, 0.2) is 0 Å². The van der Waals surface area contributed by atoms with E-state index in [1.54, 1.807) is 0 Å². The second-order valence-corrected chi connectivity index (χ2v) is 12.6. The van der Waals surface area contributed by atoms with Crippen molar-refractivity contribution in [3.8, 4) is 17.0 Å². The van der Waals surface area contributed by atoms with Gasteiger partial charge in [0, 0.05) is 50.5 Å². The number of nitrogens with zero attached hydrogens (tertiary/aromatic N) is 4. The molecule has 3 aromatic rings. The summed E-state index contributed by atoms with van der Waals surface area (Å²) in [5.41, 5.74) is 7.40. The molecule has 41 heavy (non-hydrogen) atoms. The summed E-state index contributed by atoms with van der Waals surface area (Å²) in [4.78, 5) is 15.0. The van der Waals surface area contributed by atoms with Gasteiger partial charge in [-0.2, -0.15) is 0 Å². The molecule has 1 saturated heterocycles. The fraction of sp³-hybridized carbons (Fsp3) is 0.543. The van der Waals surface area contributed by atoms with Crippen LogP contribution in [0.3, 0.4) is 0 Å². The SMILES string of the molecule is Cc1ccc(COc2ccc3c(c2)CCc2c-3nc(C)nc2N2CCN(CCOC[C@H]3CCC[C@@H](C)C3)CC2)cc1. The van der Waals surface area contributed by atoms with Crippen LogP contribution in [0.15, 0.2) is 42.5 Å². The van der Waals surface area contributed by atoms with E-state index in [4.69, 9.17) is 19.4 Å². The van der Waals surface area contributed by atoms with Crippen LogP contribution in [0, 0.1) is 25.7 Å². The van der Waals surface area contributed by atoms with Crippen molar-refractivity contribution in [3.05, 3.63) is 70.5 Å².